The molecule has 0 heterocycles. The molecule has 0 atom stereocenters. The molecule has 1 aromatic carbocycles. The normalized spacial score (nSPS) is 24.4. The smallest absolute Gasteiger partial charge is 0.119 e. The highest BCUT2D eigenvalue weighted by Gasteiger charge is 2.19. The molecule has 3 heteroatoms. The molecule has 0 amide bonds. The second-order valence-electron chi connectivity index (χ2n) is 4.71. The fraction of sp³-hybridized carbons (Fsp3) is 0.571. The Bertz CT molecular complexity index is 329. The van der Waals surface area contributed by atoms with Crippen molar-refractivity contribution < 1.29 is 4.74 Å². The number of methoxy groups -OCH3 is 1. The Morgan fingerprint density at radius 1 is 1.00 bits per heavy atom. The van der Waals surface area contributed by atoms with E-state index in [-0.39, 0.29) is 0 Å². The molecule has 1 saturated carbocycles. The molecule has 2 N–H and O–H groups in total. The van der Waals surface area contributed by atoms with Crippen molar-refractivity contribution in [2.75, 3.05) is 19.5 Å². The molecule has 0 aliphatic heterocycles. The summed E-state index contributed by atoms with van der Waals surface area (Å²) in [6.07, 6.45) is 5.03. The van der Waals surface area contributed by atoms with Gasteiger partial charge in [-0.3, -0.25) is 0 Å². The number of nitrogens with one attached hydrogen (secondary N) is 2. The van der Waals surface area contributed by atoms with Crippen LogP contribution >= 0.6 is 0 Å². The van der Waals surface area contributed by atoms with Crippen molar-refractivity contribution >= 4 is 5.69 Å². The lowest BCUT2D eigenvalue weighted by Gasteiger charge is -2.29. The summed E-state index contributed by atoms with van der Waals surface area (Å²) in [6.45, 7) is 0. The topological polar surface area (TPSA) is 33.3 Å². The minimum Gasteiger partial charge on any atom is -0.497 e. The summed E-state index contributed by atoms with van der Waals surface area (Å²) in [5, 5.41) is 6.95. The summed E-state index contributed by atoms with van der Waals surface area (Å²) < 4.78 is 5.15. The van der Waals surface area contributed by atoms with E-state index in [1.54, 1.807) is 7.11 Å². The average molecular weight is 234 g/mol. The predicted molar refractivity (Wildman–Crippen MR) is 71.7 cm³/mol. The SMILES string of the molecule is CNC1CCC(Nc2ccc(OC)cc2)CC1. The van der Waals surface area contributed by atoms with E-state index in [4.69, 9.17) is 4.74 Å². The summed E-state index contributed by atoms with van der Waals surface area (Å²) in [7, 11) is 3.75. The summed E-state index contributed by atoms with van der Waals surface area (Å²) in [6, 6.07) is 9.51. The number of anilines is 1. The van der Waals surface area contributed by atoms with Gasteiger partial charge in [-0.2, -0.15) is 0 Å². The van der Waals surface area contributed by atoms with Crippen LogP contribution in [0.4, 0.5) is 5.69 Å². The highest BCUT2D eigenvalue weighted by Crippen LogP contribution is 2.23. The molecule has 1 aliphatic carbocycles. The lowest BCUT2D eigenvalue weighted by atomic mass is 9.91. The van der Waals surface area contributed by atoms with Crippen molar-refractivity contribution in [3.05, 3.63) is 24.3 Å². The van der Waals surface area contributed by atoms with E-state index in [2.05, 4.69) is 29.8 Å². The Balaban J connectivity index is 1.84. The molecular formula is C14H22N2O. The summed E-state index contributed by atoms with van der Waals surface area (Å²) in [5.41, 5.74) is 1.19. The van der Waals surface area contributed by atoms with E-state index in [1.165, 1.54) is 31.4 Å². The molecule has 0 saturated heterocycles. The monoisotopic (exact) mass is 234 g/mol. The lowest BCUT2D eigenvalue weighted by molar-refractivity contribution is 0.371. The number of hydrogen-bond donors (Lipinski definition) is 2. The van der Waals surface area contributed by atoms with Gasteiger partial charge in [-0.15, -0.1) is 0 Å². The van der Waals surface area contributed by atoms with Crippen molar-refractivity contribution in [3.63, 3.8) is 0 Å². The highest BCUT2D eigenvalue weighted by molar-refractivity contribution is 5.47. The summed E-state index contributed by atoms with van der Waals surface area (Å²) in [5.74, 6) is 0.912. The van der Waals surface area contributed by atoms with Crippen LogP contribution in [0.25, 0.3) is 0 Å². The maximum absolute atomic E-state index is 5.15. The van der Waals surface area contributed by atoms with Gasteiger partial charge in [0.2, 0.25) is 0 Å². The first-order valence-corrected chi connectivity index (χ1v) is 6.39. The van der Waals surface area contributed by atoms with Gasteiger partial charge in [0.25, 0.3) is 0 Å². The number of ether oxygens (including phenoxy) is 1. The molecule has 0 aromatic heterocycles. The molecule has 0 bridgehead atoms. The van der Waals surface area contributed by atoms with Gasteiger partial charge in [-0.05, 0) is 57.0 Å². The zero-order valence-corrected chi connectivity index (χ0v) is 10.7. The van der Waals surface area contributed by atoms with Gasteiger partial charge in [0, 0.05) is 17.8 Å². The predicted octanol–water partition coefficient (Wildman–Crippen LogP) is 2.64. The maximum atomic E-state index is 5.15. The van der Waals surface area contributed by atoms with Crippen LogP contribution in [0.3, 0.4) is 0 Å². The zero-order chi connectivity index (χ0) is 12.1. The number of benzene rings is 1. The first-order chi connectivity index (χ1) is 8.31. The van der Waals surface area contributed by atoms with Gasteiger partial charge in [-0.1, -0.05) is 0 Å². The lowest BCUT2D eigenvalue weighted by Crippen LogP contribution is -2.34. The molecule has 1 fully saturated rings. The standard InChI is InChI=1S/C14H22N2O/c1-15-11-3-5-12(6-4-11)16-13-7-9-14(17-2)10-8-13/h7-12,15-16H,3-6H2,1-2H3. The average Bonchev–Trinajstić information content (AvgIpc) is 2.40. The van der Waals surface area contributed by atoms with Crippen LogP contribution in [0.15, 0.2) is 24.3 Å². The molecule has 2 rings (SSSR count). The van der Waals surface area contributed by atoms with E-state index >= 15 is 0 Å². The molecule has 94 valence electrons. The largest absolute Gasteiger partial charge is 0.497 e. The van der Waals surface area contributed by atoms with Gasteiger partial charge in [0.05, 0.1) is 7.11 Å². The van der Waals surface area contributed by atoms with Crippen LogP contribution in [0.1, 0.15) is 25.7 Å². The molecule has 17 heavy (non-hydrogen) atoms. The van der Waals surface area contributed by atoms with Crippen LogP contribution in [0.2, 0.25) is 0 Å². The van der Waals surface area contributed by atoms with Crippen molar-refractivity contribution in [2.24, 2.45) is 0 Å². The number of hydrogen-bond acceptors (Lipinski definition) is 3. The second-order valence-corrected chi connectivity index (χ2v) is 4.71. The fourth-order valence-electron chi connectivity index (χ4n) is 2.45. The van der Waals surface area contributed by atoms with Crippen molar-refractivity contribution in [2.45, 2.75) is 37.8 Å². The van der Waals surface area contributed by atoms with Gasteiger partial charge >= 0.3 is 0 Å². The highest BCUT2D eigenvalue weighted by atomic mass is 16.5. The maximum Gasteiger partial charge on any atom is 0.119 e. The van der Waals surface area contributed by atoms with Gasteiger partial charge in [0.1, 0.15) is 5.75 Å². The minimum absolute atomic E-state index is 0.619. The van der Waals surface area contributed by atoms with Gasteiger partial charge in [0.15, 0.2) is 0 Å². The Labute approximate surface area is 104 Å². The van der Waals surface area contributed by atoms with Crippen LogP contribution < -0.4 is 15.4 Å². The molecular weight excluding hydrogens is 212 g/mol. The Hall–Kier alpha value is -1.22. The van der Waals surface area contributed by atoms with E-state index < -0.39 is 0 Å². The van der Waals surface area contributed by atoms with Crippen LogP contribution in [0.5, 0.6) is 5.75 Å². The summed E-state index contributed by atoms with van der Waals surface area (Å²) >= 11 is 0. The molecule has 1 aromatic rings. The molecule has 1 aliphatic rings. The van der Waals surface area contributed by atoms with Crippen molar-refractivity contribution in [3.8, 4) is 5.75 Å². The van der Waals surface area contributed by atoms with Gasteiger partial charge < -0.3 is 15.4 Å². The van der Waals surface area contributed by atoms with Crippen LogP contribution in [0, 0.1) is 0 Å². The first kappa shape index (κ1) is 12.2. The van der Waals surface area contributed by atoms with Crippen LogP contribution in [-0.4, -0.2) is 26.2 Å². The van der Waals surface area contributed by atoms with Crippen molar-refractivity contribution in [1.82, 2.24) is 5.32 Å². The fourth-order valence-corrected chi connectivity index (χ4v) is 2.45. The zero-order valence-electron chi connectivity index (χ0n) is 10.7. The van der Waals surface area contributed by atoms with E-state index in [0.29, 0.717) is 12.1 Å². The summed E-state index contributed by atoms with van der Waals surface area (Å²) in [4.78, 5) is 0. The third kappa shape index (κ3) is 3.37. The Kier molecular flexibility index (Phi) is 4.26. The molecule has 0 spiro atoms. The first-order valence-electron chi connectivity index (χ1n) is 6.39. The Morgan fingerprint density at radius 2 is 1.59 bits per heavy atom. The second kappa shape index (κ2) is 5.92. The minimum atomic E-state index is 0.619. The van der Waals surface area contributed by atoms with Crippen molar-refractivity contribution in [1.29, 1.82) is 0 Å². The van der Waals surface area contributed by atoms with E-state index in [9.17, 15) is 0 Å². The number of rotatable bonds is 4. The Morgan fingerprint density at radius 3 is 2.12 bits per heavy atom. The van der Waals surface area contributed by atoms with E-state index in [1.807, 2.05) is 12.1 Å². The third-order valence-electron chi connectivity index (χ3n) is 3.60. The molecule has 3 nitrogen and oxygen atoms in total. The van der Waals surface area contributed by atoms with E-state index in [0.717, 1.165) is 5.75 Å². The molecule has 0 radical (unpaired) electrons. The molecule has 0 unspecified atom stereocenters. The van der Waals surface area contributed by atoms with Crippen LogP contribution in [-0.2, 0) is 0 Å². The third-order valence-corrected chi connectivity index (χ3v) is 3.60. The quantitative estimate of drug-likeness (QED) is 0.840. The van der Waals surface area contributed by atoms with Gasteiger partial charge in [-0.25, -0.2) is 0 Å².